The van der Waals surface area contributed by atoms with Crippen molar-refractivity contribution in [3.05, 3.63) is 81.1 Å². The quantitative estimate of drug-likeness (QED) is 0.402. The van der Waals surface area contributed by atoms with Gasteiger partial charge in [0.05, 0.1) is 9.95 Å². The molecule has 170 valence electrons. The molecule has 1 saturated heterocycles. The van der Waals surface area contributed by atoms with Crippen LogP contribution in [0.25, 0.3) is 0 Å². The summed E-state index contributed by atoms with van der Waals surface area (Å²) < 4.78 is 5.87. The van der Waals surface area contributed by atoms with Crippen molar-refractivity contribution in [2.75, 3.05) is 24.5 Å². The number of ether oxygens (including phenoxy) is 1. The molecular formula is C23H22ClN5O4. The van der Waals surface area contributed by atoms with E-state index in [1.54, 1.807) is 23.1 Å². The maximum absolute atomic E-state index is 13.0. The van der Waals surface area contributed by atoms with Crippen molar-refractivity contribution in [2.24, 2.45) is 0 Å². The topological polar surface area (TPSA) is 102 Å². The van der Waals surface area contributed by atoms with Crippen LogP contribution >= 0.6 is 11.6 Å². The number of nitro groups is 1. The van der Waals surface area contributed by atoms with Gasteiger partial charge < -0.3 is 14.5 Å². The Labute approximate surface area is 195 Å². The lowest BCUT2D eigenvalue weighted by atomic mass is 10.1. The highest BCUT2D eigenvalue weighted by Crippen LogP contribution is 2.30. The van der Waals surface area contributed by atoms with Crippen molar-refractivity contribution in [1.29, 1.82) is 0 Å². The average molecular weight is 468 g/mol. The monoisotopic (exact) mass is 467 g/mol. The largest absolute Gasteiger partial charge is 0.437 e. The van der Waals surface area contributed by atoms with E-state index in [0.29, 0.717) is 47.7 Å². The fraction of sp³-hybridized carbons (Fsp3) is 0.261. The van der Waals surface area contributed by atoms with Gasteiger partial charge in [-0.2, -0.15) is 0 Å². The molecule has 0 spiro atoms. The Morgan fingerprint density at radius 1 is 1.18 bits per heavy atom. The van der Waals surface area contributed by atoms with E-state index in [-0.39, 0.29) is 17.6 Å². The van der Waals surface area contributed by atoms with Gasteiger partial charge in [0.1, 0.15) is 17.9 Å². The predicted octanol–water partition coefficient (Wildman–Crippen LogP) is 4.49. The van der Waals surface area contributed by atoms with Crippen LogP contribution in [0.5, 0.6) is 11.6 Å². The summed E-state index contributed by atoms with van der Waals surface area (Å²) in [5.74, 6) is 1.34. The van der Waals surface area contributed by atoms with E-state index < -0.39 is 4.92 Å². The molecule has 0 N–H and O–H groups in total. The molecule has 1 aliphatic heterocycles. The van der Waals surface area contributed by atoms with Crippen LogP contribution in [-0.2, 0) is 0 Å². The third-order valence-electron chi connectivity index (χ3n) is 5.45. The summed E-state index contributed by atoms with van der Waals surface area (Å²) in [6.07, 6.45) is 1.43. The molecule has 1 atom stereocenters. The number of hydrogen-bond acceptors (Lipinski definition) is 7. The lowest BCUT2D eigenvalue weighted by molar-refractivity contribution is -0.384. The Morgan fingerprint density at radius 2 is 2.00 bits per heavy atom. The number of benzene rings is 2. The molecule has 1 amide bonds. The molecule has 10 heteroatoms. The van der Waals surface area contributed by atoms with Gasteiger partial charge in [0.25, 0.3) is 11.6 Å². The smallest absolute Gasteiger partial charge is 0.270 e. The van der Waals surface area contributed by atoms with Gasteiger partial charge in [0.15, 0.2) is 0 Å². The molecule has 0 aliphatic carbocycles. The maximum Gasteiger partial charge on any atom is 0.270 e. The van der Waals surface area contributed by atoms with E-state index in [0.717, 1.165) is 5.56 Å². The molecule has 1 unspecified atom stereocenters. The van der Waals surface area contributed by atoms with Crippen LogP contribution in [0.3, 0.4) is 0 Å². The maximum atomic E-state index is 13.0. The number of nitro benzene ring substituents is 1. The molecular weight excluding hydrogens is 446 g/mol. The molecule has 1 fully saturated rings. The second-order valence-electron chi connectivity index (χ2n) is 7.85. The molecule has 2 heterocycles. The number of carbonyl (C=O) groups excluding carboxylic acids is 1. The van der Waals surface area contributed by atoms with Gasteiger partial charge in [-0.05, 0) is 37.6 Å². The van der Waals surface area contributed by atoms with Gasteiger partial charge >= 0.3 is 0 Å². The normalized spacial score (nSPS) is 15.9. The van der Waals surface area contributed by atoms with Gasteiger partial charge in [-0.3, -0.25) is 14.9 Å². The lowest BCUT2D eigenvalue weighted by Crippen LogP contribution is -2.54. The zero-order chi connectivity index (χ0) is 23.5. The highest BCUT2D eigenvalue weighted by molar-refractivity contribution is 6.32. The van der Waals surface area contributed by atoms with Crippen molar-refractivity contribution < 1.29 is 14.5 Å². The van der Waals surface area contributed by atoms with Crippen LogP contribution in [0.1, 0.15) is 22.8 Å². The second kappa shape index (κ2) is 9.41. The van der Waals surface area contributed by atoms with Crippen LogP contribution in [0, 0.1) is 17.0 Å². The molecule has 9 nitrogen and oxygen atoms in total. The first-order valence-corrected chi connectivity index (χ1v) is 10.8. The van der Waals surface area contributed by atoms with Gasteiger partial charge in [-0.15, -0.1) is 0 Å². The molecule has 1 aliphatic rings. The van der Waals surface area contributed by atoms with Crippen LogP contribution in [0.2, 0.25) is 5.02 Å². The number of nitrogens with zero attached hydrogens (tertiary/aromatic N) is 5. The third-order valence-corrected chi connectivity index (χ3v) is 5.76. The summed E-state index contributed by atoms with van der Waals surface area (Å²) in [6.45, 7) is 5.43. The third kappa shape index (κ3) is 5.04. The SMILES string of the molecule is Cc1ccc(Cl)c(Oc2cc(N3CCN(C(=O)c4cccc([N+](=O)[O-])c4)C(C)C3)ncn2)c1. The number of piperazine rings is 1. The van der Waals surface area contributed by atoms with Crippen molar-refractivity contribution in [2.45, 2.75) is 19.9 Å². The number of anilines is 1. The number of aryl methyl sites for hydroxylation is 1. The van der Waals surface area contributed by atoms with E-state index in [2.05, 4.69) is 9.97 Å². The van der Waals surface area contributed by atoms with Crippen molar-refractivity contribution in [1.82, 2.24) is 14.9 Å². The summed E-state index contributed by atoms with van der Waals surface area (Å²) in [5.41, 5.74) is 1.22. The number of non-ortho nitro benzene ring substituents is 1. The van der Waals surface area contributed by atoms with Crippen LogP contribution in [-0.4, -0.2) is 51.4 Å². The van der Waals surface area contributed by atoms with Crippen LogP contribution in [0.15, 0.2) is 54.9 Å². The fourth-order valence-corrected chi connectivity index (χ4v) is 3.90. The highest BCUT2D eigenvalue weighted by atomic mass is 35.5. The number of rotatable bonds is 5. The first-order chi connectivity index (χ1) is 15.8. The Bertz CT molecular complexity index is 1200. The van der Waals surface area contributed by atoms with Crippen LogP contribution in [0.4, 0.5) is 11.5 Å². The van der Waals surface area contributed by atoms with E-state index in [1.165, 1.54) is 24.5 Å². The van der Waals surface area contributed by atoms with Crippen LogP contribution < -0.4 is 9.64 Å². The highest BCUT2D eigenvalue weighted by Gasteiger charge is 2.29. The average Bonchev–Trinajstić information content (AvgIpc) is 2.81. The standard InChI is InChI=1S/C23H22ClN5O4/c1-15-6-7-19(24)20(10-15)33-22-12-21(25-14-26-22)27-8-9-28(16(2)13-27)23(30)17-4-3-5-18(11-17)29(31)32/h3-7,10-12,14,16H,8-9,13H2,1-2H3. The molecule has 0 bridgehead atoms. The van der Waals surface area contributed by atoms with Gasteiger partial charge in [-0.25, -0.2) is 9.97 Å². The first-order valence-electron chi connectivity index (χ1n) is 10.4. The summed E-state index contributed by atoms with van der Waals surface area (Å²) in [4.78, 5) is 35.8. The summed E-state index contributed by atoms with van der Waals surface area (Å²) in [5, 5.41) is 11.5. The number of carbonyl (C=O) groups is 1. The molecule has 4 rings (SSSR count). The van der Waals surface area contributed by atoms with Crippen molar-refractivity contribution in [3.8, 4) is 11.6 Å². The van der Waals surface area contributed by atoms with Gasteiger partial charge in [0, 0.05) is 49.4 Å². The van der Waals surface area contributed by atoms with E-state index in [1.807, 2.05) is 30.9 Å². The van der Waals surface area contributed by atoms with E-state index in [4.69, 9.17) is 16.3 Å². The predicted molar refractivity (Wildman–Crippen MR) is 124 cm³/mol. The van der Waals surface area contributed by atoms with Crippen molar-refractivity contribution in [3.63, 3.8) is 0 Å². The number of hydrogen-bond donors (Lipinski definition) is 0. The van der Waals surface area contributed by atoms with Gasteiger partial charge in [0.2, 0.25) is 5.88 Å². The molecule has 33 heavy (non-hydrogen) atoms. The van der Waals surface area contributed by atoms with E-state index in [9.17, 15) is 14.9 Å². The Hall–Kier alpha value is -3.72. The number of amides is 1. The fourth-order valence-electron chi connectivity index (χ4n) is 3.75. The van der Waals surface area contributed by atoms with Gasteiger partial charge in [-0.1, -0.05) is 23.7 Å². The first kappa shape index (κ1) is 22.5. The number of aromatic nitrogens is 2. The minimum Gasteiger partial charge on any atom is -0.437 e. The zero-order valence-corrected chi connectivity index (χ0v) is 18.9. The Balaban J connectivity index is 1.46. The Kier molecular flexibility index (Phi) is 6.41. The molecule has 1 aromatic heterocycles. The lowest BCUT2D eigenvalue weighted by Gasteiger charge is -2.40. The minimum absolute atomic E-state index is 0.102. The second-order valence-corrected chi connectivity index (χ2v) is 8.26. The molecule has 2 aromatic carbocycles. The number of halogens is 1. The molecule has 3 aromatic rings. The Morgan fingerprint density at radius 3 is 2.76 bits per heavy atom. The van der Waals surface area contributed by atoms with E-state index >= 15 is 0 Å². The molecule has 0 radical (unpaired) electrons. The van der Waals surface area contributed by atoms with Crippen molar-refractivity contribution >= 4 is 29.0 Å². The minimum atomic E-state index is -0.503. The summed E-state index contributed by atoms with van der Waals surface area (Å²) in [6, 6.07) is 12.9. The summed E-state index contributed by atoms with van der Waals surface area (Å²) >= 11 is 6.22. The molecule has 0 saturated carbocycles. The zero-order valence-electron chi connectivity index (χ0n) is 18.1. The summed E-state index contributed by atoms with van der Waals surface area (Å²) in [7, 11) is 0.